The first-order valence-electron chi connectivity index (χ1n) is 10.9. The summed E-state index contributed by atoms with van der Waals surface area (Å²) in [5, 5.41) is 12.7. The highest BCUT2D eigenvalue weighted by Crippen LogP contribution is 2.26. The van der Waals surface area contributed by atoms with Gasteiger partial charge in [0.15, 0.2) is 5.82 Å². The third-order valence-corrected chi connectivity index (χ3v) is 5.78. The van der Waals surface area contributed by atoms with E-state index in [1.807, 2.05) is 41.3 Å². The Balaban J connectivity index is 1.41. The van der Waals surface area contributed by atoms with E-state index in [0.717, 1.165) is 36.3 Å². The molecule has 4 aromatic rings. The largest absolute Gasteiger partial charge is 0.508 e. The van der Waals surface area contributed by atoms with Crippen molar-refractivity contribution in [1.82, 2.24) is 19.9 Å². The fraction of sp³-hybridized carbons (Fsp3) is 0.200. The average molecular weight is 441 g/mol. The minimum atomic E-state index is 0.0111. The number of fused-ring (bicyclic) bond motifs is 1. The number of aromatic nitrogens is 3. The maximum atomic E-state index is 12.8. The predicted molar refractivity (Wildman–Crippen MR) is 127 cm³/mol. The monoisotopic (exact) mass is 440 g/mol. The molecule has 0 bridgehead atoms. The SMILES string of the molecule is N[C@@H]1CCCN(C(=O)c2ccc(-c3ccc4ncnc(Nc5ccc(O)cc5)c4n3)cc2)C1. The van der Waals surface area contributed by atoms with Gasteiger partial charge >= 0.3 is 0 Å². The number of anilines is 2. The molecule has 33 heavy (non-hydrogen) atoms. The van der Waals surface area contributed by atoms with Crippen molar-refractivity contribution < 1.29 is 9.90 Å². The van der Waals surface area contributed by atoms with Gasteiger partial charge in [0.25, 0.3) is 5.91 Å². The number of likely N-dealkylation sites (tertiary alicyclic amines) is 1. The highest BCUT2D eigenvalue weighted by atomic mass is 16.3. The Morgan fingerprint density at radius 3 is 2.58 bits per heavy atom. The van der Waals surface area contributed by atoms with Crippen LogP contribution >= 0.6 is 0 Å². The quantitative estimate of drug-likeness (QED) is 0.414. The molecule has 166 valence electrons. The van der Waals surface area contributed by atoms with Crippen molar-refractivity contribution in [2.24, 2.45) is 5.73 Å². The van der Waals surface area contributed by atoms with E-state index < -0.39 is 0 Å². The van der Waals surface area contributed by atoms with Gasteiger partial charge in [0.1, 0.15) is 17.6 Å². The van der Waals surface area contributed by atoms with Crippen molar-refractivity contribution in [1.29, 1.82) is 0 Å². The van der Waals surface area contributed by atoms with Gasteiger partial charge in [-0.15, -0.1) is 0 Å². The van der Waals surface area contributed by atoms with Gasteiger partial charge in [-0.2, -0.15) is 0 Å². The molecule has 0 aliphatic carbocycles. The second-order valence-corrected chi connectivity index (χ2v) is 8.19. The van der Waals surface area contributed by atoms with Gasteiger partial charge in [-0.1, -0.05) is 12.1 Å². The van der Waals surface area contributed by atoms with Gasteiger partial charge in [-0.25, -0.2) is 15.0 Å². The Labute approximate surface area is 191 Å². The number of aromatic hydroxyl groups is 1. The molecule has 0 spiro atoms. The summed E-state index contributed by atoms with van der Waals surface area (Å²) >= 11 is 0. The number of nitrogens with two attached hydrogens (primary N) is 1. The van der Waals surface area contributed by atoms with E-state index in [4.69, 9.17) is 10.7 Å². The second kappa shape index (κ2) is 8.84. The molecule has 1 aliphatic rings. The maximum Gasteiger partial charge on any atom is 0.253 e. The minimum absolute atomic E-state index is 0.0111. The fourth-order valence-corrected chi connectivity index (χ4v) is 4.03. The smallest absolute Gasteiger partial charge is 0.253 e. The lowest BCUT2D eigenvalue weighted by molar-refractivity contribution is 0.0709. The number of carbonyl (C=O) groups excluding carboxylic acids is 1. The number of piperidine rings is 1. The molecule has 2 aromatic heterocycles. The first-order chi connectivity index (χ1) is 16.1. The lowest BCUT2D eigenvalue weighted by Crippen LogP contribution is -2.45. The summed E-state index contributed by atoms with van der Waals surface area (Å²) in [4.78, 5) is 28.1. The van der Waals surface area contributed by atoms with Crippen LogP contribution in [0.3, 0.4) is 0 Å². The number of nitrogens with zero attached hydrogens (tertiary/aromatic N) is 4. The molecule has 2 aromatic carbocycles. The summed E-state index contributed by atoms with van der Waals surface area (Å²) in [7, 11) is 0. The topological polar surface area (TPSA) is 117 Å². The number of amides is 1. The van der Waals surface area contributed by atoms with Crippen LogP contribution in [0.25, 0.3) is 22.3 Å². The number of benzene rings is 2. The lowest BCUT2D eigenvalue weighted by Gasteiger charge is -2.30. The molecule has 1 fully saturated rings. The predicted octanol–water partition coefficient (Wildman–Crippen LogP) is 3.70. The molecule has 3 heterocycles. The summed E-state index contributed by atoms with van der Waals surface area (Å²) in [6.07, 6.45) is 3.39. The second-order valence-electron chi connectivity index (χ2n) is 8.19. The van der Waals surface area contributed by atoms with Gasteiger partial charge in [0.05, 0.1) is 11.2 Å². The molecule has 1 amide bonds. The van der Waals surface area contributed by atoms with Crippen LogP contribution in [0, 0.1) is 0 Å². The number of carbonyl (C=O) groups is 1. The van der Waals surface area contributed by atoms with E-state index in [1.165, 1.54) is 6.33 Å². The van der Waals surface area contributed by atoms with E-state index in [9.17, 15) is 9.90 Å². The third-order valence-electron chi connectivity index (χ3n) is 5.78. The summed E-state index contributed by atoms with van der Waals surface area (Å²) < 4.78 is 0. The molecule has 1 atom stereocenters. The van der Waals surface area contributed by atoms with E-state index in [0.29, 0.717) is 29.0 Å². The van der Waals surface area contributed by atoms with E-state index in [1.54, 1.807) is 24.3 Å². The van der Waals surface area contributed by atoms with Gasteiger partial charge in [0.2, 0.25) is 0 Å². The molecular weight excluding hydrogens is 416 g/mol. The van der Waals surface area contributed by atoms with Crippen molar-refractivity contribution in [3.05, 3.63) is 72.6 Å². The number of phenolic OH excluding ortho intramolecular Hbond substituents is 1. The Bertz CT molecular complexity index is 1290. The van der Waals surface area contributed by atoms with Gasteiger partial charge < -0.3 is 21.1 Å². The van der Waals surface area contributed by atoms with Crippen molar-refractivity contribution in [2.75, 3.05) is 18.4 Å². The van der Waals surface area contributed by atoms with Crippen molar-refractivity contribution >= 4 is 28.4 Å². The molecule has 4 N–H and O–H groups in total. The number of pyridine rings is 1. The van der Waals surface area contributed by atoms with Gasteiger partial charge in [-0.05, 0) is 61.4 Å². The number of rotatable bonds is 4. The first-order valence-corrected chi connectivity index (χ1v) is 10.9. The van der Waals surface area contributed by atoms with Crippen LogP contribution in [0.5, 0.6) is 5.75 Å². The lowest BCUT2D eigenvalue weighted by atomic mass is 10.0. The van der Waals surface area contributed by atoms with Gasteiger partial charge in [-0.3, -0.25) is 4.79 Å². The third kappa shape index (κ3) is 4.47. The van der Waals surface area contributed by atoms with Crippen molar-refractivity contribution in [2.45, 2.75) is 18.9 Å². The number of phenols is 1. The summed E-state index contributed by atoms with van der Waals surface area (Å²) in [5.74, 6) is 0.774. The molecule has 1 aliphatic heterocycles. The maximum absolute atomic E-state index is 12.8. The number of nitrogens with one attached hydrogen (secondary N) is 1. The van der Waals surface area contributed by atoms with Crippen LogP contribution in [0.4, 0.5) is 11.5 Å². The Morgan fingerprint density at radius 2 is 1.82 bits per heavy atom. The van der Waals surface area contributed by atoms with Crippen LogP contribution in [0.15, 0.2) is 67.0 Å². The van der Waals surface area contributed by atoms with Crippen LogP contribution in [-0.4, -0.2) is 50.0 Å². The highest BCUT2D eigenvalue weighted by molar-refractivity contribution is 5.95. The van der Waals surface area contributed by atoms with Crippen LogP contribution in [0.2, 0.25) is 0 Å². The van der Waals surface area contributed by atoms with Gasteiger partial charge in [0, 0.05) is 35.9 Å². The summed E-state index contributed by atoms with van der Waals surface area (Å²) in [6.45, 7) is 1.35. The van der Waals surface area contributed by atoms with Crippen LogP contribution in [-0.2, 0) is 0 Å². The Morgan fingerprint density at radius 1 is 1.03 bits per heavy atom. The normalized spacial score (nSPS) is 16.0. The zero-order valence-electron chi connectivity index (χ0n) is 18.0. The molecule has 0 saturated carbocycles. The highest BCUT2D eigenvalue weighted by Gasteiger charge is 2.22. The average Bonchev–Trinajstić information content (AvgIpc) is 2.85. The fourth-order valence-electron chi connectivity index (χ4n) is 4.03. The van der Waals surface area contributed by atoms with Crippen LogP contribution < -0.4 is 11.1 Å². The zero-order chi connectivity index (χ0) is 22.8. The Hall–Kier alpha value is -4.04. The zero-order valence-corrected chi connectivity index (χ0v) is 18.0. The number of hydrogen-bond acceptors (Lipinski definition) is 7. The Kier molecular flexibility index (Phi) is 5.58. The first kappa shape index (κ1) is 20.8. The molecule has 0 unspecified atom stereocenters. The minimum Gasteiger partial charge on any atom is -0.508 e. The molecule has 0 radical (unpaired) electrons. The van der Waals surface area contributed by atoms with E-state index in [-0.39, 0.29) is 17.7 Å². The summed E-state index contributed by atoms with van der Waals surface area (Å²) in [6, 6.07) is 18.1. The molecule has 1 saturated heterocycles. The van der Waals surface area contributed by atoms with Crippen molar-refractivity contribution in [3.8, 4) is 17.0 Å². The van der Waals surface area contributed by atoms with Crippen LogP contribution in [0.1, 0.15) is 23.2 Å². The molecule has 8 nitrogen and oxygen atoms in total. The molecular formula is C25H24N6O2. The van der Waals surface area contributed by atoms with E-state index in [2.05, 4.69) is 15.3 Å². The molecule has 5 rings (SSSR count). The number of hydrogen-bond donors (Lipinski definition) is 3. The van der Waals surface area contributed by atoms with Crippen molar-refractivity contribution in [3.63, 3.8) is 0 Å². The summed E-state index contributed by atoms with van der Waals surface area (Å²) in [5.41, 5.74) is 10.4. The molecule has 8 heteroatoms. The van der Waals surface area contributed by atoms with E-state index >= 15 is 0 Å². The standard InChI is InChI=1S/C25H24N6O2/c26-18-2-1-13-31(14-18)25(33)17-5-3-16(4-6-17)21-11-12-22-23(30-21)24(28-15-27-22)29-19-7-9-20(32)10-8-19/h3-12,15,18,32H,1-2,13-14,26H2,(H,27,28,29)/t18-/m1/s1.